The van der Waals surface area contributed by atoms with E-state index >= 15 is 0 Å². The first-order valence-corrected chi connectivity index (χ1v) is 10.8. The maximum absolute atomic E-state index is 11.8. The Balaban J connectivity index is 1.38. The van der Waals surface area contributed by atoms with E-state index in [4.69, 9.17) is 9.72 Å². The first-order valence-electron chi connectivity index (χ1n) is 9.96. The second kappa shape index (κ2) is 10.5. The molecule has 0 saturated carbocycles. The quantitative estimate of drug-likeness (QED) is 0.699. The summed E-state index contributed by atoms with van der Waals surface area (Å²) in [4.78, 5) is 21.2. The largest absolute Gasteiger partial charge is 0.486 e. The number of aryl methyl sites for hydroxylation is 1. The van der Waals surface area contributed by atoms with Gasteiger partial charge in [0.15, 0.2) is 0 Å². The van der Waals surface area contributed by atoms with Gasteiger partial charge >= 0.3 is 0 Å². The molecule has 2 heterocycles. The van der Waals surface area contributed by atoms with E-state index in [-0.39, 0.29) is 5.91 Å². The number of benzene rings is 1. The van der Waals surface area contributed by atoms with Crippen molar-refractivity contribution in [1.29, 1.82) is 0 Å². The smallest absolute Gasteiger partial charge is 0.234 e. The SMILES string of the molecule is CCCNC(=O)CN1CCN(Cc2csc(COc3ccc(C)cc3)n2)CC1. The van der Waals surface area contributed by atoms with Gasteiger partial charge in [0.2, 0.25) is 5.91 Å². The summed E-state index contributed by atoms with van der Waals surface area (Å²) < 4.78 is 5.82. The fraction of sp³-hybridized carbons (Fsp3) is 0.524. The zero-order chi connectivity index (χ0) is 19.8. The van der Waals surface area contributed by atoms with E-state index in [1.807, 2.05) is 12.1 Å². The van der Waals surface area contributed by atoms with Crippen molar-refractivity contribution in [1.82, 2.24) is 20.1 Å². The second-order valence-corrected chi connectivity index (χ2v) is 8.18. The Hall–Kier alpha value is -1.96. The Kier molecular flexibility index (Phi) is 7.82. The standard InChI is InChI=1S/C21H30N4O2S/c1-3-8-22-20(26)14-25-11-9-24(10-12-25)13-18-16-28-21(23-18)15-27-19-6-4-17(2)5-7-19/h4-7,16H,3,8-15H2,1-2H3,(H,22,26). The van der Waals surface area contributed by atoms with Crippen molar-refractivity contribution >= 4 is 17.2 Å². The molecular formula is C21H30N4O2S. The molecule has 3 rings (SSSR count). The van der Waals surface area contributed by atoms with Gasteiger partial charge in [-0.2, -0.15) is 0 Å². The minimum atomic E-state index is 0.132. The molecule has 6 nitrogen and oxygen atoms in total. The van der Waals surface area contributed by atoms with Crippen LogP contribution in [0.25, 0.3) is 0 Å². The molecule has 0 unspecified atom stereocenters. The Morgan fingerprint density at radius 1 is 1.18 bits per heavy atom. The number of hydrogen-bond donors (Lipinski definition) is 1. The lowest BCUT2D eigenvalue weighted by molar-refractivity contribution is -0.122. The lowest BCUT2D eigenvalue weighted by atomic mass is 10.2. The number of hydrogen-bond acceptors (Lipinski definition) is 6. The van der Waals surface area contributed by atoms with Crippen LogP contribution in [0.15, 0.2) is 29.6 Å². The van der Waals surface area contributed by atoms with Gasteiger partial charge in [0, 0.05) is 44.6 Å². The van der Waals surface area contributed by atoms with Crippen molar-refractivity contribution in [3.05, 3.63) is 45.9 Å². The van der Waals surface area contributed by atoms with E-state index in [1.54, 1.807) is 11.3 Å². The summed E-state index contributed by atoms with van der Waals surface area (Å²) in [6.07, 6.45) is 0.977. The van der Waals surface area contributed by atoms with Gasteiger partial charge in [0.1, 0.15) is 17.4 Å². The molecule has 0 spiro atoms. The van der Waals surface area contributed by atoms with E-state index in [0.717, 1.165) is 62.1 Å². The lowest BCUT2D eigenvalue weighted by Crippen LogP contribution is -2.49. The summed E-state index contributed by atoms with van der Waals surface area (Å²) in [5, 5.41) is 6.07. The van der Waals surface area contributed by atoms with Gasteiger partial charge in [0.25, 0.3) is 0 Å². The lowest BCUT2D eigenvalue weighted by Gasteiger charge is -2.33. The third kappa shape index (κ3) is 6.58. The molecule has 28 heavy (non-hydrogen) atoms. The van der Waals surface area contributed by atoms with Gasteiger partial charge in [-0.3, -0.25) is 14.6 Å². The molecule has 1 aromatic heterocycles. The first-order chi connectivity index (χ1) is 13.6. The highest BCUT2D eigenvalue weighted by Gasteiger charge is 2.19. The summed E-state index contributed by atoms with van der Waals surface area (Å²) >= 11 is 1.65. The zero-order valence-corrected chi connectivity index (χ0v) is 17.6. The maximum atomic E-state index is 11.8. The minimum Gasteiger partial charge on any atom is -0.486 e. The van der Waals surface area contributed by atoms with E-state index in [2.05, 4.69) is 46.5 Å². The Bertz CT molecular complexity index is 739. The van der Waals surface area contributed by atoms with Gasteiger partial charge in [-0.05, 0) is 25.5 Å². The summed E-state index contributed by atoms with van der Waals surface area (Å²) in [6, 6.07) is 8.09. The van der Waals surface area contributed by atoms with Gasteiger partial charge in [0.05, 0.1) is 12.2 Å². The predicted molar refractivity (Wildman–Crippen MR) is 113 cm³/mol. The zero-order valence-electron chi connectivity index (χ0n) is 16.8. The maximum Gasteiger partial charge on any atom is 0.234 e. The normalized spacial score (nSPS) is 15.5. The number of nitrogens with zero attached hydrogens (tertiary/aromatic N) is 3. The molecule has 1 amide bonds. The summed E-state index contributed by atoms with van der Waals surface area (Å²) in [5.74, 6) is 1.01. The minimum absolute atomic E-state index is 0.132. The Morgan fingerprint density at radius 2 is 1.89 bits per heavy atom. The average molecular weight is 403 g/mol. The molecule has 0 atom stereocenters. The molecule has 152 valence electrons. The van der Waals surface area contributed by atoms with Crippen molar-refractivity contribution in [2.45, 2.75) is 33.4 Å². The van der Waals surface area contributed by atoms with Crippen LogP contribution in [-0.4, -0.2) is 60.0 Å². The number of amides is 1. The molecule has 0 bridgehead atoms. The fourth-order valence-electron chi connectivity index (χ4n) is 3.13. The number of aromatic nitrogens is 1. The molecule has 1 aliphatic rings. The van der Waals surface area contributed by atoms with E-state index in [0.29, 0.717) is 13.2 Å². The number of ether oxygens (including phenoxy) is 1. The number of thiazole rings is 1. The van der Waals surface area contributed by atoms with E-state index in [9.17, 15) is 4.79 Å². The van der Waals surface area contributed by atoms with Crippen LogP contribution in [-0.2, 0) is 17.9 Å². The van der Waals surface area contributed by atoms with Crippen LogP contribution in [0.2, 0.25) is 0 Å². The van der Waals surface area contributed by atoms with Gasteiger partial charge in [-0.15, -0.1) is 11.3 Å². The van der Waals surface area contributed by atoms with E-state index < -0.39 is 0 Å². The van der Waals surface area contributed by atoms with E-state index in [1.165, 1.54) is 5.56 Å². The van der Waals surface area contributed by atoms with Crippen molar-refractivity contribution in [2.24, 2.45) is 0 Å². The highest BCUT2D eigenvalue weighted by Crippen LogP contribution is 2.17. The number of carbonyl (C=O) groups excluding carboxylic acids is 1. The molecule has 2 aromatic rings. The molecule has 1 aliphatic heterocycles. The van der Waals surface area contributed by atoms with Crippen molar-refractivity contribution in [2.75, 3.05) is 39.3 Å². The number of piperazine rings is 1. The second-order valence-electron chi connectivity index (χ2n) is 7.24. The van der Waals surface area contributed by atoms with Crippen LogP contribution in [0.5, 0.6) is 5.75 Å². The van der Waals surface area contributed by atoms with Crippen molar-refractivity contribution in [3.63, 3.8) is 0 Å². The van der Waals surface area contributed by atoms with Gasteiger partial charge < -0.3 is 10.1 Å². The molecule has 1 saturated heterocycles. The van der Waals surface area contributed by atoms with Crippen molar-refractivity contribution in [3.8, 4) is 5.75 Å². The van der Waals surface area contributed by atoms with Crippen LogP contribution >= 0.6 is 11.3 Å². The van der Waals surface area contributed by atoms with Crippen LogP contribution in [0, 0.1) is 6.92 Å². The molecule has 0 aliphatic carbocycles. The monoisotopic (exact) mass is 402 g/mol. The Morgan fingerprint density at radius 3 is 2.61 bits per heavy atom. The third-order valence-corrected chi connectivity index (χ3v) is 5.64. The average Bonchev–Trinajstić information content (AvgIpc) is 3.15. The molecule has 1 fully saturated rings. The van der Waals surface area contributed by atoms with Crippen LogP contribution in [0.4, 0.5) is 0 Å². The highest BCUT2D eigenvalue weighted by molar-refractivity contribution is 7.09. The summed E-state index contributed by atoms with van der Waals surface area (Å²) in [5.41, 5.74) is 2.33. The molecule has 1 N–H and O–H groups in total. The van der Waals surface area contributed by atoms with Crippen LogP contribution in [0.3, 0.4) is 0 Å². The van der Waals surface area contributed by atoms with Crippen LogP contribution < -0.4 is 10.1 Å². The third-order valence-electron chi connectivity index (χ3n) is 4.77. The van der Waals surface area contributed by atoms with Crippen LogP contribution in [0.1, 0.15) is 29.6 Å². The predicted octanol–water partition coefficient (Wildman–Crippen LogP) is 2.67. The topological polar surface area (TPSA) is 57.7 Å². The molecular weight excluding hydrogens is 372 g/mol. The van der Waals surface area contributed by atoms with Gasteiger partial charge in [-0.1, -0.05) is 24.6 Å². The molecule has 0 radical (unpaired) electrons. The van der Waals surface area contributed by atoms with Crippen molar-refractivity contribution < 1.29 is 9.53 Å². The molecule has 7 heteroatoms. The number of carbonyl (C=O) groups is 1. The summed E-state index contributed by atoms with van der Waals surface area (Å²) in [7, 11) is 0. The highest BCUT2D eigenvalue weighted by atomic mass is 32.1. The Labute approximate surface area is 171 Å². The molecule has 1 aromatic carbocycles. The van der Waals surface area contributed by atoms with Gasteiger partial charge in [-0.25, -0.2) is 4.98 Å². The number of nitrogens with one attached hydrogen (secondary N) is 1. The first kappa shape index (κ1) is 20.8. The summed E-state index contributed by atoms with van der Waals surface area (Å²) in [6.45, 7) is 10.5. The fourth-order valence-corrected chi connectivity index (χ4v) is 3.82. The number of rotatable bonds is 9.